The number of hydrogen-bond acceptors (Lipinski definition) is 1. The van der Waals surface area contributed by atoms with Gasteiger partial charge >= 0.3 is 0 Å². The molecule has 0 aliphatic heterocycles. The molecule has 0 saturated carbocycles. The molecule has 0 atom stereocenters. The van der Waals surface area contributed by atoms with Crippen molar-refractivity contribution in [1.82, 2.24) is 0 Å². The molecule has 0 radical (unpaired) electrons. The van der Waals surface area contributed by atoms with E-state index in [2.05, 4.69) is 182 Å². The van der Waals surface area contributed by atoms with Gasteiger partial charge in [-0.15, -0.1) is 0 Å². The van der Waals surface area contributed by atoms with Crippen LogP contribution in [0, 0.1) is 0 Å². The SMILES string of the molecule is c1ccc2cc(-c3c4ccccc4c(-c4ccc(-c5ccc6cc7c(cc6c5)oc5cc6ccccc6cc57)cc4)c4ccccc34)ccc2c1. The fourth-order valence-corrected chi connectivity index (χ4v) is 8.31. The van der Waals surface area contributed by atoms with Crippen molar-refractivity contribution in [3.8, 4) is 33.4 Å². The van der Waals surface area contributed by atoms with E-state index in [1.54, 1.807) is 0 Å². The van der Waals surface area contributed by atoms with Gasteiger partial charge in [-0.25, -0.2) is 0 Å². The number of hydrogen-bond donors (Lipinski definition) is 0. The fourth-order valence-electron chi connectivity index (χ4n) is 8.31. The van der Waals surface area contributed by atoms with Gasteiger partial charge in [0.2, 0.25) is 0 Å². The van der Waals surface area contributed by atoms with Crippen molar-refractivity contribution in [2.75, 3.05) is 0 Å². The Labute approximate surface area is 294 Å². The van der Waals surface area contributed by atoms with Gasteiger partial charge in [-0.3, -0.25) is 0 Å². The Morgan fingerprint density at radius 3 is 1.25 bits per heavy atom. The number of rotatable bonds is 3. The maximum atomic E-state index is 6.40. The van der Waals surface area contributed by atoms with Crippen LogP contribution in [-0.2, 0) is 0 Å². The third-order valence-corrected chi connectivity index (χ3v) is 10.8. The zero-order valence-corrected chi connectivity index (χ0v) is 27.7. The Morgan fingerprint density at radius 2 is 0.627 bits per heavy atom. The van der Waals surface area contributed by atoms with E-state index >= 15 is 0 Å². The Balaban J connectivity index is 1.03. The minimum absolute atomic E-state index is 0.922. The summed E-state index contributed by atoms with van der Waals surface area (Å²) in [5, 5.41) is 14.7. The smallest absolute Gasteiger partial charge is 0.136 e. The van der Waals surface area contributed by atoms with Gasteiger partial charge in [0.1, 0.15) is 11.2 Å². The van der Waals surface area contributed by atoms with E-state index in [0.29, 0.717) is 0 Å². The lowest BCUT2D eigenvalue weighted by Gasteiger charge is -2.18. The van der Waals surface area contributed by atoms with Gasteiger partial charge in [-0.05, 0) is 124 Å². The minimum atomic E-state index is 0.922. The summed E-state index contributed by atoms with van der Waals surface area (Å²) in [5.74, 6) is 0. The summed E-state index contributed by atoms with van der Waals surface area (Å²) in [5.41, 5.74) is 9.26. The molecular weight excluding hydrogens is 617 g/mol. The summed E-state index contributed by atoms with van der Waals surface area (Å²) >= 11 is 0. The first-order valence-electron chi connectivity index (χ1n) is 17.6. The second kappa shape index (κ2) is 10.9. The lowest BCUT2D eigenvalue weighted by atomic mass is 9.85. The van der Waals surface area contributed by atoms with E-state index in [-0.39, 0.29) is 0 Å². The average Bonchev–Trinajstić information content (AvgIpc) is 3.53. The number of benzene rings is 10. The van der Waals surface area contributed by atoms with Crippen LogP contribution in [0.15, 0.2) is 186 Å². The third kappa shape index (κ3) is 4.42. The lowest BCUT2D eigenvalue weighted by Crippen LogP contribution is -1.91. The monoisotopic (exact) mass is 646 g/mol. The van der Waals surface area contributed by atoms with E-state index in [1.165, 1.54) is 87.2 Å². The van der Waals surface area contributed by atoms with E-state index < -0.39 is 0 Å². The van der Waals surface area contributed by atoms with Gasteiger partial charge in [0.25, 0.3) is 0 Å². The Morgan fingerprint density at radius 1 is 0.235 bits per heavy atom. The highest BCUT2D eigenvalue weighted by Gasteiger charge is 2.17. The van der Waals surface area contributed by atoms with Crippen molar-refractivity contribution in [2.24, 2.45) is 0 Å². The molecule has 1 aromatic heterocycles. The van der Waals surface area contributed by atoms with Crippen LogP contribution in [0.2, 0.25) is 0 Å². The van der Waals surface area contributed by atoms with Gasteiger partial charge in [0, 0.05) is 10.8 Å². The van der Waals surface area contributed by atoms with Crippen molar-refractivity contribution < 1.29 is 4.42 Å². The first kappa shape index (κ1) is 28.2. The first-order valence-corrected chi connectivity index (χ1v) is 17.6. The zero-order chi connectivity index (χ0) is 33.5. The zero-order valence-electron chi connectivity index (χ0n) is 27.7. The van der Waals surface area contributed by atoms with Crippen molar-refractivity contribution in [1.29, 1.82) is 0 Å². The topological polar surface area (TPSA) is 13.1 Å². The Bertz CT molecular complexity index is 3120. The van der Waals surface area contributed by atoms with Crippen molar-refractivity contribution in [3.05, 3.63) is 182 Å². The molecule has 1 nitrogen and oxygen atoms in total. The summed E-state index contributed by atoms with van der Waals surface area (Å²) < 4.78 is 6.40. The van der Waals surface area contributed by atoms with Gasteiger partial charge in [0.05, 0.1) is 0 Å². The predicted octanol–water partition coefficient (Wildman–Crippen LogP) is 14.4. The molecule has 10 aromatic carbocycles. The maximum absolute atomic E-state index is 6.40. The third-order valence-electron chi connectivity index (χ3n) is 10.8. The van der Waals surface area contributed by atoms with E-state index in [1.807, 2.05) is 0 Å². The van der Waals surface area contributed by atoms with Crippen LogP contribution < -0.4 is 0 Å². The first-order chi connectivity index (χ1) is 25.2. The molecule has 1 heteroatoms. The molecule has 0 unspecified atom stereocenters. The highest BCUT2D eigenvalue weighted by molar-refractivity contribution is 6.22. The molecule has 0 saturated heterocycles. The van der Waals surface area contributed by atoms with E-state index in [4.69, 9.17) is 4.42 Å². The average molecular weight is 647 g/mol. The van der Waals surface area contributed by atoms with Gasteiger partial charge in [-0.1, -0.05) is 146 Å². The summed E-state index contributed by atoms with van der Waals surface area (Å²) in [6.45, 7) is 0. The van der Waals surface area contributed by atoms with Crippen molar-refractivity contribution in [3.63, 3.8) is 0 Å². The lowest BCUT2D eigenvalue weighted by molar-refractivity contribution is 0.670. The van der Waals surface area contributed by atoms with Gasteiger partial charge < -0.3 is 4.42 Å². The maximum Gasteiger partial charge on any atom is 0.136 e. The number of furan rings is 1. The molecule has 0 amide bonds. The second-order valence-electron chi connectivity index (χ2n) is 13.7. The van der Waals surface area contributed by atoms with Crippen molar-refractivity contribution in [2.45, 2.75) is 0 Å². The Hall–Kier alpha value is -6.70. The fraction of sp³-hybridized carbons (Fsp3) is 0. The van der Waals surface area contributed by atoms with E-state index in [9.17, 15) is 0 Å². The van der Waals surface area contributed by atoms with Crippen LogP contribution in [0.5, 0.6) is 0 Å². The summed E-state index contributed by atoms with van der Waals surface area (Å²) in [7, 11) is 0. The van der Waals surface area contributed by atoms with Crippen LogP contribution in [0.1, 0.15) is 0 Å². The molecule has 0 fully saturated rings. The summed E-state index contributed by atoms with van der Waals surface area (Å²) in [6, 6.07) is 66.5. The Kier molecular flexibility index (Phi) is 6.02. The molecule has 11 rings (SSSR count). The highest BCUT2D eigenvalue weighted by Crippen LogP contribution is 2.44. The largest absolute Gasteiger partial charge is 0.456 e. The number of fused-ring (bicyclic) bond motifs is 8. The quantitative estimate of drug-likeness (QED) is 0.174. The van der Waals surface area contributed by atoms with E-state index in [0.717, 1.165) is 21.9 Å². The minimum Gasteiger partial charge on any atom is -0.456 e. The normalized spacial score (nSPS) is 11.9. The van der Waals surface area contributed by atoms with Crippen LogP contribution in [-0.4, -0.2) is 0 Å². The van der Waals surface area contributed by atoms with Gasteiger partial charge in [-0.2, -0.15) is 0 Å². The molecule has 11 aromatic rings. The van der Waals surface area contributed by atoms with Gasteiger partial charge in [0.15, 0.2) is 0 Å². The molecule has 0 bridgehead atoms. The van der Waals surface area contributed by atoms with Crippen LogP contribution in [0.4, 0.5) is 0 Å². The second-order valence-corrected chi connectivity index (χ2v) is 13.7. The van der Waals surface area contributed by atoms with Crippen LogP contribution in [0.25, 0.3) is 109 Å². The van der Waals surface area contributed by atoms with Crippen LogP contribution >= 0.6 is 0 Å². The molecule has 0 spiro atoms. The molecule has 1 heterocycles. The summed E-state index contributed by atoms with van der Waals surface area (Å²) in [4.78, 5) is 0. The molecule has 236 valence electrons. The highest BCUT2D eigenvalue weighted by atomic mass is 16.3. The van der Waals surface area contributed by atoms with Crippen LogP contribution in [0.3, 0.4) is 0 Å². The predicted molar refractivity (Wildman–Crippen MR) is 218 cm³/mol. The molecule has 51 heavy (non-hydrogen) atoms. The molecule has 0 N–H and O–H groups in total. The molecule has 0 aliphatic carbocycles. The molecule has 0 aliphatic rings. The summed E-state index contributed by atoms with van der Waals surface area (Å²) in [6.07, 6.45) is 0. The standard InChI is InChI=1S/C50H30O/c1-2-10-34-25-39(24-19-31(34)9-1)50-43-15-7-5-13-41(43)49(42-14-6-8-16-44(42)50)33-20-17-32(18-21-33)37-22-23-38-28-46-45-27-35-11-3-4-12-36(35)29-47(45)51-48(46)30-40(38)26-37/h1-30H. The van der Waals surface area contributed by atoms with Crippen molar-refractivity contribution >= 4 is 75.8 Å². The molecular formula is C50H30O.